The molecule has 0 unspecified atom stereocenters. The van der Waals surface area contributed by atoms with Crippen molar-refractivity contribution in [3.8, 4) is 17.0 Å². The van der Waals surface area contributed by atoms with Gasteiger partial charge < -0.3 is 5.11 Å². The van der Waals surface area contributed by atoms with Gasteiger partial charge in [-0.25, -0.2) is 0 Å². The fraction of sp³-hybridized carbons (Fsp3) is 0. The average Bonchev–Trinajstić information content (AvgIpc) is 2.20. The predicted molar refractivity (Wildman–Crippen MR) is 49.1 cm³/mol. The summed E-state index contributed by atoms with van der Waals surface area (Å²) in [6.45, 7) is 0. The molecule has 0 radical (unpaired) electrons. The van der Waals surface area contributed by atoms with Crippen LogP contribution in [0.25, 0.3) is 11.3 Å². The number of hydrogen-bond donors (Lipinski definition) is 1. The van der Waals surface area contributed by atoms with E-state index in [1.165, 1.54) is 6.20 Å². The summed E-state index contributed by atoms with van der Waals surface area (Å²) in [6.07, 6.45) is 4.85. The van der Waals surface area contributed by atoms with Crippen molar-refractivity contribution in [1.29, 1.82) is 0 Å². The lowest BCUT2D eigenvalue weighted by Crippen LogP contribution is -1.81. The molecular formula is C10H8N2O. The first kappa shape index (κ1) is 7.73. The SMILES string of the molecule is Oc1ccc(-c2ccncc2)nc1. The maximum atomic E-state index is 9.03. The topological polar surface area (TPSA) is 46.0 Å². The van der Waals surface area contributed by atoms with Gasteiger partial charge in [0.05, 0.1) is 11.9 Å². The smallest absolute Gasteiger partial charge is 0.133 e. The Morgan fingerprint density at radius 2 is 1.77 bits per heavy atom. The van der Waals surface area contributed by atoms with Crippen molar-refractivity contribution in [2.45, 2.75) is 0 Å². The van der Waals surface area contributed by atoms with E-state index in [4.69, 9.17) is 5.11 Å². The van der Waals surface area contributed by atoms with Crippen molar-refractivity contribution in [1.82, 2.24) is 9.97 Å². The van der Waals surface area contributed by atoms with Crippen LogP contribution in [-0.4, -0.2) is 15.1 Å². The van der Waals surface area contributed by atoms with Crippen LogP contribution in [-0.2, 0) is 0 Å². The van der Waals surface area contributed by atoms with Gasteiger partial charge in [-0.3, -0.25) is 9.97 Å². The van der Waals surface area contributed by atoms with E-state index < -0.39 is 0 Å². The molecule has 3 heteroatoms. The maximum absolute atomic E-state index is 9.03. The first-order valence-corrected chi connectivity index (χ1v) is 3.92. The van der Waals surface area contributed by atoms with Crippen LogP contribution in [0, 0.1) is 0 Å². The number of hydrogen-bond acceptors (Lipinski definition) is 3. The van der Waals surface area contributed by atoms with Gasteiger partial charge in [0.25, 0.3) is 0 Å². The molecule has 0 aromatic carbocycles. The molecule has 64 valence electrons. The molecule has 0 aliphatic carbocycles. The van der Waals surface area contributed by atoms with Gasteiger partial charge in [0.2, 0.25) is 0 Å². The summed E-state index contributed by atoms with van der Waals surface area (Å²) in [5, 5.41) is 9.03. The molecule has 2 rings (SSSR count). The first-order valence-electron chi connectivity index (χ1n) is 3.92. The van der Waals surface area contributed by atoms with E-state index in [0.717, 1.165) is 11.3 Å². The largest absolute Gasteiger partial charge is 0.506 e. The molecule has 2 aromatic rings. The summed E-state index contributed by atoms with van der Waals surface area (Å²) in [4.78, 5) is 7.98. The van der Waals surface area contributed by atoms with Crippen LogP contribution >= 0.6 is 0 Å². The number of pyridine rings is 2. The zero-order valence-electron chi connectivity index (χ0n) is 6.88. The van der Waals surface area contributed by atoms with E-state index in [9.17, 15) is 0 Å². The highest BCUT2D eigenvalue weighted by Crippen LogP contribution is 2.17. The molecular weight excluding hydrogens is 164 g/mol. The van der Waals surface area contributed by atoms with Gasteiger partial charge in [0, 0.05) is 18.0 Å². The Balaban J connectivity index is 2.42. The van der Waals surface area contributed by atoms with Gasteiger partial charge in [0.15, 0.2) is 0 Å². The molecule has 0 spiro atoms. The monoisotopic (exact) mass is 172 g/mol. The molecule has 0 atom stereocenters. The normalized spacial score (nSPS) is 9.85. The fourth-order valence-electron chi connectivity index (χ4n) is 1.08. The minimum atomic E-state index is 0.179. The minimum absolute atomic E-state index is 0.179. The van der Waals surface area contributed by atoms with Crippen LogP contribution in [0.2, 0.25) is 0 Å². The van der Waals surface area contributed by atoms with Crippen molar-refractivity contribution < 1.29 is 5.11 Å². The third kappa shape index (κ3) is 1.64. The number of aromatic nitrogens is 2. The van der Waals surface area contributed by atoms with E-state index in [2.05, 4.69) is 9.97 Å². The molecule has 0 fully saturated rings. The van der Waals surface area contributed by atoms with E-state index in [-0.39, 0.29) is 5.75 Å². The summed E-state index contributed by atoms with van der Waals surface area (Å²) >= 11 is 0. The summed E-state index contributed by atoms with van der Waals surface area (Å²) in [5.74, 6) is 0.179. The number of rotatable bonds is 1. The lowest BCUT2D eigenvalue weighted by molar-refractivity contribution is 0.473. The molecule has 0 amide bonds. The van der Waals surface area contributed by atoms with E-state index >= 15 is 0 Å². The molecule has 3 nitrogen and oxygen atoms in total. The Morgan fingerprint density at radius 3 is 2.38 bits per heavy atom. The molecule has 0 aliphatic heterocycles. The quantitative estimate of drug-likeness (QED) is 0.714. The van der Waals surface area contributed by atoms with E-state index in [1.54, 1.807) is 24.5 Å². The highest BCUT2D eigenvalue weighted by atomic mass is 16.3. The lowest BCUT2D eigenvalue weighted by atomic mass is 10.2. The van der Waals surface area contributed by atoms with Gasteiger partial charge in [-0.1, -0.05) is 0 Å². The molecule has 0 bridgehead atoms. The maximum Gasteiger partial charge on any atom is 0.133 e. The van der Waals surface area contributed by atoms with Crippen molar-refractivity contribution in [3.05, 3.63) is 42.9 Å². The van der Waals surface area contributed by atoms with Crippen molar-refractivity contribution in [2.24, 2.45) is 0 Å². The average molecular weight is 172 g/mol. The van der Waals surface area contributed by atoms with E-state index in [0.29, 0.717) is 0 Å². The molecule has 0 saturated carbocycles. The van der Waals surface area contributed by atoms with Crippen molar-refractivity contribution in [3.63, 3.8) is 0 Å². The third-order valence-electron chi connectivity index (χ3n) is 1.72. The second kappa shape index (κ2) is 3.23. The van der Waals surface area contributed by atoms with Crippen molar-refractivity contribution in [2.75, 3.05) is 0 Å². The summed E-state index contributed by atoms with van der Waals surface area (Å²) in [5.41, 5.74) is 1.83. The molecule has 2 aromatic heterocycles. The van der Waals surface area contributed by atoms with Crippen LogP contribution in [0.4, 0.5) is 0 Å². The van der Waals surface area contributed by atoms with Crippen LogP contribution in [0.5, 0.6) is 5.75 Å². The Labute approximate surface area is 75.7 Å². The summed E-state index contributed by atoms with van der Waals surface area (Å²) in [7, 11) is 0. The predicted octanol–water partition coefficient (Wildman–Crippen LogP) is 1.85. The lowest BCUT2D eigenvalue weighted by Gasteiger charge is -1.98. The molecule has 13 heavy (non-hydrogen) atoms. The second-order valence-corrected chi connectivity index (χ2v) is 2.64. The third-order valence-corrected chi connectivity index (χ3v) is 1.72. The Bertz CT molecular complexity index is 383. The van der Waals surface area contributed by atoms with Crippen LogP contribution < -0.4 is 0 Å². The Kier molecular flexibility index (Phi) is 1.92. The fourth-order valence-corrected chi connectivity index (χ4v) is 1.08. The Morgan fingerprint density at radius 1 is 1.00 bits per heavy atom. The molecule has 0 saturated heterocycles. The van der Waals surface area contributed by atoms with Crippen LogP contribution in [0.3, 0.4) is 0 Å². The van der Waals surface area contributed by atoms with Gasteiger partial charge in [-0.05, 0) is 24.3 Å². The standard InChI is InChI=1S/C10H8N2O/c13-9-1-2-10(12-7-9)8-3-5-11-6-4-8/h1-7,13H. The first-order chi connectivity index (χ1) is 6.36. The highest BCUT2D eigenvalue weighted by molar-refractivity contribution is 5.58. The van der Waals surface area contributed by atoms with Gasteiger partial charge in [-0.2, -0.15) is 0 Å². The highest BCUT2D eigenvalue weighted by Gasteiger charge is 1.96. The van der Waals surface area contributed by atoms with Gasteiger partial charge in [0.1, 0.15) is 5.75 Å². The van der Waals surface area contributed by atoms with Crippen LogP contribution in [0.15, 0.2) is 42.9 Å². The van der Waals surface area contributed by atoms with Gasteiger partial charge >= 0.3 is 0 Å². The Hall–Kier alpha value is -1.90. The van der Waals surface area contributed by atoms with Crippen LogP contribution in [0.1, 0.15) is 0 Å². The van der Waals surface area contributed by atoms with E-state index in [1.807, 2.05) is 12.1 Å². The van der Waals surface area contributed by atoms with Gasteiger partial charge in [-0.15, -0.1) is 0 Å². The number of nitrogens with zero attached hydrogens (tertiary/aromatic N) is 2. The summed E-state index contributed by atoms with van der Waals surface area (Å²) < 4.78 is 0. The minimum Gasteiger partial charge on any atom is -0.506 e. The zero-order valence-corrected chi connectivity index (χ0v) is 6.88. The van der Waals surface area contributed by atoms with Crippen molar-refractivity contribution >= 4 is 0 Å². The molecule has 2 heterocycles. The number of aromatic hydroxyl groups is 1. The molecule has 0 aliphatic rings. The summed E-state index contributed by atoms with van der Waals surface area (Å²) in [6, 6.07) is 7.13. The zero-order chi connectivity index (χ0) is 9.10. The second-order valence-electron chi connectivity index (χ2n) is 2.64. The molecule has 1 N–H and O–H groups in total.